The molecule has 1 aromatic rings. The van der Waals surface area contributed by atoms with Crippen molar-refractivity contribution >= 4 is 11.7 Å². The number of aromatic nitrogens is 1. The third-order valence-electron chi connectivity index (χ3n) is 3.41. The molecule has 1 aliphatic heterocycles. The first-order chi connectivity index (χ1) is 10.5. The van der Waals surface area contributed by atoms with Crippen molar-refractivity contribution in [2.24, 2.45) is 0 Å². The Bertz CT molecular complexity index is 693. The molecule has 2 heterocycles. The van der Waals surface area contributed by atoms with Crippen LogP contribution in [0.3, 0.4) is 0 Å². The van der Waals surface area contributed by atoms with E-state index >= 15 is 0 Å². The number of nitrogens with one attached hydrogen (secondary N) is 1. The van der Waals surface area contributed by atoms with Gasteiger partial charge in [-0.3, -0.25) is 19.4 Å². The summed E-state index contributed by atoms with van der Waals surface area (Å²) in [6.07, 6.45) is -1.36. The number of carbonyl (C=O) groups excluding carboxylic acids is 1. The van der Waals surface area contributed by atoms with Crippen molar-refractivity contribution in [1.29, 1.82) is 5.26 Å². The Morgan fingerprint density at radius 3 is 2.41 bits per heavy atom. The molecule has 1 atom stereocenters. The Labute approximate surface area is 126 Å². The number of methoxy groups -OCH3 is 2. The molecule has 0 aromatic carbocycles. The lowest BCUT2D eigenvalue weighted by atomic mass is 10.0. The number of aromatic amines is 1. The number of ether oxygens (including phenoxy) is 2. The summed E-state index contributed by atoms with van der Waals surface area (Å²) >= 11 is 0. The van der Waals surface area contributed by atoms with Crippen LogP contribution >= 0.6 is 0 Å². The molecule has 0 saturated carbocycles. The molecule has 0 spiro atoms. The topological polar surface area (TPSA) is 119 Å². The molecule has 22 heavy (non-hydrogen) atoms. The summed E-state index contributed by atoms with van der Waals surface area (Å²) in [6, 6.07) is 1.78. The van der Waals surface area contributed by atoms with Crippen LogP contribution in [-0.4, -0.2) is 54.9 Å². The van der Waals surface area contributed by atoms with Gasteiger partial charge in [0.05, 0.1) is 5.56 Å². The molecule has 9 heteroatoms. The van der Waals surface area contributed by atoms with Crippen molar-refractivity contribution in [1.82, 2.24) is 9.88 Å². The van der Waals surface area contributed by atoms with Crippen LogP contribution in [0.1, 0.15) is 21.5 Å². The van der Waals surface area contributed by atoms with Crippen molar-refractivity contribution in [3.05, 3.63) is 27.0 Å². The maximum atomic E-state index is 12.6. The van der Waals surface area contributed by atoms with Crippen LogP contribution in [0.5, 0.6) is 0 Å². The number of nitriles is 1. The largest absolute Gasteiger partial charge is 0.364 e. The van der Waals surface area contributed by atoms with Crippen molar-refractivity contribution in [2.45, 2.75) is 13.3 Å². The summed E-state index contributed by atoms with van der Waals surface area (Å²) in [6.45, 7) is 1.29. The minimum absolute atomic E-state index is 0.0665. The first-order valence-electron chi connectivity index (χ1n) is 6.38. The zero-order chi connectivity index (χ0) is 16.4. The second-order valence-corrected chi connectivity index (χ2v) is 4.72. The average Bonchev–Trinajstić information content (AvgIpc) is 2.47. The number of aliphatic hydroxyl groups excluding tert-OH is 1. The Kier molecular flexibility index (Phi) is 4.46. The smallest absolute Gasteiger partial charge is 0.267 e. The van der Waals surface area contributed by atoms with Crippen molar-refractivity contribution in [3.8, 4) is 6.07 Å². The van der Waals surface area contributed by atoms with Gasteiger partial charge in [-0.1, -0.05) is 0 Å². The van der Waals surface area contributed by atoms with E-state index in [2.05, 4.69) is 4.98 Å². The fourth-order valence-corrected chi connectivity index (χ4v) is 2.38. The molecular formula is C13H16N4O5. The molecule has 2 N–H and O–H groups in total. The highest BCUT2D eigenvalue weighted by Gasteiger charge is 2.39. The van der Waals surface area contributed by atoms with Gasteiger partial charge in [-0.2, -0.15) is 5.26 Å². The highest BCUT2D eigenvalue weighted by Crippen LogP contribution is 2.30. The van der Waals surface area contributed by atoms with Crippen molar-refractivity contribution < 1.29 is 19.4 Å². The molecule has 9 nitrogen and oxygen atoms in total. The van der Waals surface area contributed by atoms with Gasteiger partial charge in [-0.05, 0) is 12.5 Å². The van der Waals surface area contributed by atoms with E-state index in [-0.39, 0.29) is 36.0 Å². The summed E-state index contributed by atoms with van der Waals surface area (Å²) in [5.74, 6) is -0.421. The minimum Gasteiger partial charge on any atom is -0.364 e. The number of aliphatic hydroxyl groups is 1. The highest BCUT2D eigenvalue weighted by molar-refractivity contribution is 6.02. The van der Waals surface area contributed by atoms with E-state index < -0.39 is 17.8 Å². The lowest BCUT2D eigenvalue weighted by Crippen LogP contribution is -2.57. The van der Waals surface area contributed by atoms with Gasteiger partial charge in [0.1, 0.15) is 30.9 Å². The molecule has 0 radical (unpaired) electrons. The second-order valence-electron chi connectivity index (χ2n) is 4.72. The monoisotopic (exact) mass is 308 g/mol. The van der Waals surface area contributed by atoms with E-state index in [9.17, 15) is 14.7 Å². The molecule has 0 fully saturated rings. The molecule has 0 saturated heterocycles. The number of nitrogens with zero attached hydrogens (tertiary/aromatic N) is 3. The number of fused-ring (bicyclic) bond motifs is 1. The number of amides is 1. The standard InChI is InChI=1S/C13H16N4O5/c1-7-8(4-14)11(18)15-10-9(7)12(19)17(6-22-3)13(20)16(10)5-21-2/h13,20H,5-6H2,1-3H3,(H,15,18). The molecule has 1 unspecified atom stereocenters. The number of H-pyrrole nitrogens is 1. The molecular weight excluding hydrogens is 292 g/mol. The fourth-order valence-electron chi connectivity index (χ4n) is 2.38. The van der Waals surface area contributed by atoms with Crippen LogP contribution < -0.4 is 10.5 Å². The molecule has 0 aliphatic carbocycles. The lowest BCUT2D eigenvalue weighted by molar-refractivity contribution is -0.0542. The molecule has 118 valence electrons. The van der Waals surface area contributed by atoms with Crippen LogP contribution in [-0.2, 0) is 9.47 Å². The summed E-state index contributed by atoms with van der Waals surface area (Å²) in [5.41, 5.74) is -0.380. The minimum atomic E-state index is -1.36. The summed E-state index contributed by atoms with van der Waals surface area (Å²) < 4.78 is 9.93. The Morgan fingerprint density at radius 2 is 1.86 bits per heavy atom. The molecule has 1 amide bonds. The summed E-state index contributed by atoms with van der Waals surface area (Å²) in [4.78, 5) is 29.3. The number of hydrogen-bond donors (Lipinski definition) is 2. The van der Waals surface area contributed by atoms with E-state index in [0.717, 1.165) is 4.90 Å². The maximum Gasteiger partial charge on any atom is 0.267 e. The van der Waals surface area contributed by atoms with Gasteiger partial charge in [0.2, 0.25) is 6.35 Å². The van der Waals surface area contributed by atoms with Crippen LogP contribution in [0, 0.1) is 18.3 Å². The van der Waals surface area contributed by atoms with Gasteiger partial charge in [-0.15, -0.1) is 0 Å². The van der Waals surface area contributed by atoms with E-state index in [1.165, 1.54) is 26.0 Å². The molecule has 1 aliphatic rings. The van der Waals surface area contributed by atoms with E-state index in [1.54, 1.807) is 6.07 Å². The second kappa shape index (κ2) is 6.15. The van der Waals surface area contributed by atoms with Crippen molar-refractivity contribution in [3.63, 3.8) is 0 Å². The van der Waals surface area contributed by atoms with Gasteiger partial charge in [0.25, 0.3) is 11.5 Å². The van der Waals surface area contributed by atoms with Crippen LogP contribution in [0.2, 0.25) is 0 Å². The van der Waals surface area contributed by atoms with Crippen LogP contribution in [0.25, 0.3) is 0 Å². The number of rotatable bonds is 4. The number of pyridine rings is 1. The third-order valence-corrected chi connectivity index (χ3v) is 3.41. The Morgan fingerprint density at radius 1 is 1.27 bits per heavy atom. The van der Waals surface area contributed by atoms with Gasteiger partial charge < -0.3 is 19.6 Å². The normalized spacial score (nSPS) is 17.4. The molecule has 2 rings (SSSR count). The highest BCUT2D eigenvalue weighted by atomic mass is 16.5. The number of carbonyl (C=O) groups is 1. The molecule has 0 bridgehead atoms. The first kappa shape index (κ1) is 16.0. The van der Waals surface area contributed by atoms with Gasteiger partial charge >= 0.3 is 0 Å². The number of hydrogen-bond acceptors (Lipinski definition) is 7. The van der Waals surface area contributed by atoms with Crippen LogP contribution in [0.15, 0.2) is 4.79 Å². The van der Waals surface area contributed by atoms with E-state index in [4.69, 9.17) is 14.7 Å². The number of anilines is 1. The predicted molar refractivity (Wildman–Crippen MR) is 74.9 cm³/mol. The first-order valence-corrected chi connectivity index (χ1v) is 6.38. The van der Waals surface area contributed by atoms with Gasteiger partial charge in [0, 0.05) is 14.2 Å². The van der Waals surface area contributed by atoms with E-state index in [1.807, 2.05) is 0 Å². The Balaban J connectivity index is 2.71. The van der Waals surface area contributed by atoms with Crippen LogP contribution in [0.4, 0.5) is 5.82 Å². The summed E-state index contributed by atoms with van der Waals surface area (Å²) in [5, 5.41) is 19.4. The Hall–Kier alpha value is -2.41. The summed E-state index contributed by atoms with van der Waals surface area (Å²) in [7, 11) is 2.80. The lowest BCUT2D eigenvalue weighted by Gasteiger charge is -2.41. The van der Waals surface area contributed by atoms with E-state index in [0.29, 0.717) is 0 Å². The zero-order valence-electron chi connectivity index (χ0n) is 12.4. The maximum absolute atomic E-state index is 12.6. The average molecular weight is 308 g/mol. The van der Waals surface area contributed by atoms with Gasteiger partial charge in [-0.25, -0.2) is 0 Å². The van der Waals surface area contributed by atoms with Gasteiger partial charge in [0.15, 0.2) is 0 Å². The quantitative estimate of drug-likeness (QED) is 0.755. The fraction of sp³-hybridized carbons (Fsp3) is 0.462. The predicted octanol–water partition coefficient (Wildman–Crippen LogP) is -0.699. The SMILES string of the molecule is COCN1C(=O)c2c([nH]c(=O)c(C#N)c2C)N(COC)C1O. The zero-order valence-corrected chi connectivity index (χ0v) is 12.4. The van der Waals surface area contributed by atoms with Crippen molar-refractivity contribution in [2.75, 3.05) is 32.6 Å². The molecule has 1 aromatic heterocycles. The third kappa shape index (κ3) is 2.33.